The van der Waals surface area contributed by atoms with Crippen LogP contribution in [0.4, 0.5) is 35.2 Å². The highest BCUT2D eigenvalue weighted by atomic mass is 19.4. The van der Waals surface area contributed by atoms with Crippen LogP contribution in [0, 0.1) is 0 Å². The van der Waals surface area contributed by atoms with Crippen LogP contribution in [0.1, 0.15) is 75.3 Å². The smallest absolute Gasteiger partial charge is 0.366 e. The molecule has 7 rings (SSSR count). The van der Waals surface area contributed by atoms with Crippen LogP contribution in [0.15, 0.2) is 65.5 Å². The lowest BCUT2D eigenvalue weighted by molar-refractivity contribution is -0.137. The van der Waals surface area contributed by atoms with Gasteiger partial charge in [0.05, 0.1) is 33.7 Å². The fourth-order valence-corrected chi connectivity index (χ4v) is 7.58. The molecule has 2 aliphatic heterocycles. The van der Waals surface area contributed by atoms with E-state index in [1.54, 1.807) is 29.2 Å². The van der Waals surface area contributed by atoms with Gasteiger partial charge in [-0.25, -0.2) is 14.6 Å². The average Bonchev–Trinajstić information content (AvgIpc) is 3.89. The molecule has 0 radical (unpaired) electrons. The number of anilines is 3. The number of halogens is 3. The summed E-state index contributed by atoms with van der Waals surface area (Å²) in [6, 6.07) is 15.2. The molecule has 1 saturated heterocycles. The second-order valence-corrected chi connectivity index (χ2v) is 14.5. The van der Waals surface area contributed by atoms with Crippen molar-refractivity contribution in [2.24, 2.45) is 0 Å². The van der Waals surface area contributed by atoms with Crippen LogP contribution in [-0.4, -0.2) is 58.5 Å². The predicted octanol–water partition coefficient (Wildman–Crippen LogP) is 5.30. The van der Waals surface area contributed by atoms with Crippen molar-refractivity contribution in [2.75, 3.05) is 34.8 Å². The van der Waals surface area contributed by atoms with E-state index in [0.29, 0.717) is 61.7 Å². The number of urea groups is 1. The Morgan fingerprint density at radius 2 is 1.68 bits per heavy atom. The van der Waals surface area contributed by atoms with E-state index in [1.807, 2.05) is 24.3 Å². The first-order valence-electron chi connectivity index (χ1n) is 19.2. The molecular formula is C41H45F3N8O4. The second kappa shape index (κ2) is 16.9. The molecule has 4 aromatic rings. The minimum Gasteiger partial charge on any atom is -0.366 e. The number of rotatable bonds is 15. The zero-order valence-electron chi connectivity index (χ0n) is 30.9. The minimum absolute atomic E-state index is 0.0251. The van der Waals surface area contributed by atoms with Crippen molar-refractivity contribution in [3.63, 3.8) is 0 Å². The molecule has 3 aliphatic rings. The number of fused-ring (bicyclic) bond motifs is 5. The number of amides is 4. The fraction of sp³-hybridized carbons (Fsp3) is 0.390. The molecular weight excluding hydrogens is 725 g/mol. The Kier molecular flexibility index (Phi) is 11.6. The number of imidazole rings is 1. The summed E-state index contributed by atoms with van der Waals surface area (Å²) in [4.78, 5) is 63.9. The Hall–Kier alpha value is -5.86. The number of aromatic nitrogens is 3. The highest BCUT2D eigenvalue weighted by Gasteiger charge is 2.40. The van der Waals surface area contributed by atoms with Crippen molar-refractivity contribution in [1.29, 1.82) is 0 Å². The van der Waals surface area contributed by atoms with E-state index >= 15 is 0 Å². The van der Waals surface area contributed by atoms with Crippen LogP contribution in [-0.2, 0) is 22.3 Å². The summed E-state index contributed by atoms with van der Waals surface area (Å²) in [5, 5.41) is 10.6. The summed E-state index contributed by atoms with van der Waals surface area (Å²) < 4.78 is 40.2. The van der Waals surface area contributed by atoms with Crippen LogP contribution in [0.2, 0.25) is 0 Å². The SMILES string of the molecule is O=C(CCCCC1=c2[nH]c(=O)[nH]c2=CC1)NCCCCCC(=O)NCc1ccc(NC(=O)N2c3nc(-c4cccc(C(F)(F)F)c4)ccc3N3CC[C@H]2C3)cc1. The Morgan fingerprint density at radius 3 is 2.48 bits per heavy atom. The molecule has 12 nitrogen and oxygen atoms in total. The monoisotopic (exact) mass is 770 g/mol. The molecule has 4 amide bonds. The van der Waals surface area contributed by atoms with Gasteiger partial charge >= 0.3 is 17.9 Å². The van der Waals surface area contributed by atoms with Crippen molar-refractivity contribution in [3.8, 4) is 11.3 Å². The number of alkyl halides is 3. The van der Waals surface area contributed by atoms with E-state index < -0.39 is 11.7 Å². The summed E-state index contributed by atoms with van der Waals surface area (Å²) in [5.74, 6) is 0.371. The normalized spacial score (nSPS) is 15.6. The van der Waals surface area contributed by atoms with Crippen LogP contribution in [0.25, 0.3) is 22.9 Å². The first-order chi connectivity index (χ1) is 27.0. The molecule has 2 bridgehead atoms. The van der Waals surface area contributed by atoms with E-state index in [9.17, 15) is 32.3 Å². The Balaban J connectivity index is 0.810. The van der Waals surface area contributed by atoms with E-state index in [0.717, 1.165) is 85.6 Å². The number of carbonyl (C=O) groups excluding carboxylic acids is 3. The van der Waals surface area contributed by atoms with Gasteiger partial charge in [0.15, 0.2) is 5.82 Å². The molecule has 0 saturated carbocycles. The van der Waals surface area contributed by atoms with E-state index in [-0.39, 0.29) is 29.6 Å². The predicted molar refractivity (Wildman–Crippen MR) is 208 cm³/mol. The summed E-state index contributed by atoms with van der Waals surface area (Å²) in [6.07, 6.45) is 4.75. The fourth-order valence-electron chi connectivity index (χ4n) is 7.58. The maximum atomic E-state index is 13.7. The topological polar surface area (TPSA) is 155 Å². The first-order valence-corrected chi connectivity index (χ1v) is 19.2. The van der Waals surface area contributed by atoms with Gasteiger partial charge in [-0.2, -0.15) is 13.2 Å². The first kappa shape index (κ1) is 38.4. The molecule has 1 fully saturated rings. The number of hydrogen-bond acceptors (Lipinski definition) is 6. The molecule has 0 unspecified atom stereocenters. The lowest BCUT2D eigenvalue weighted by Crippen LogP contribution is -2.48. The van der Waals surface area contributed by atoms with Crippen molar-refractivity contribution in [1.82, 2.24) is 25.6 Å². The number of nitrogens with one attached hydrogen (secondary N) is 5. The average molecular weight is 771 g/mol. The third-order valence-corrected chi connectivity index (χ3v) is 10.5. The number of hydrogen-bond donors (Lipinski definition) is 5. The number of nitrogens with zero attached hydrogens (tertiary/aromatic N) is 3. The standard InChI is InChI=1S/C41H45F3N8O4/c42-41(43,44)29-9-6-8-28(23-29)32-18-19-34-38(48-32)52(31-20-22-51(34)25-31)40(56)47-30-15-12-26(13-16-30)24-46-36(54)10-2-1-5-21-45-35(53)11-4-3-7-27-14-17-33-37(27)50-39(55)49-33/h6,8-9,12-13,15-19,23,31H,1-5,7,10-11,14,20-22,24-25H2,(H,45,53)(H,46,54)(H,47,56)(H2,49,50,55)/t31-/m0/s1. The van der Waals surface area contributed by atoms with Gasteiger partial charge in [-0.05, 0) is 92.5 Å². The summed E-state index contributed by atoms with van der Waals surface area (Å²) >= 11 is 0. The van der Waals surface area contributed by atoms with Crippen LogP contribution in [0.3, 0.4) is 0 Å². The van der Waals surface area contributed by atoms with Crippen LogP contribution >= 0.6 is 0 Å². The van der Waals surface area contributed by atoms with Gasteiger partial charge in [-0.3, -0.25) is 14.5 Å². The number of aromatic amines is 2. The van der Waals surface area contributed by atoms with Crippen molar-refractivity contribution < 1.29 is 27.6 Å². The second-order valence-electron chi connectivity index (χ2n) is 14.5. The quantitative estimate of drug-likeness (QED) is 0.103. The minimum atomic E-state index is -4.48. The summed E-state index contributed by atoms with van der Waals surface area (Å²) in [5.41, 5.74) is 3.09. The number of carbonyl (C=O) groups is 3. The van der Waals surface area contributed by atoms with Crippen LogP contribution < -0.4 is 42.1 Å². The molecule has 56 heavy (non-hydrogen) atoms. The van der Waals surface area contributed by atoms with E-state index in [4.69, 9.17) is 4.98 Å². The number of unbranched alkanes of at least 4 members (excludes halogenated alkanes) is 3. The Bertz CT molecular complexity index is 2270. The van der Waals surface area contributed by atoms with Gasteiger partial charge in [0, 0.05) is 50.3 Å². The maximum Gasteiger partial charge on any atom is 0.416 e. The molecule has 1 atom stereocenters. The largest absolute Gasteiger partial charge is 0.416 e. The molecule has 15 heteroatoms. The van der Waals surface area contributed by atoms with Gasteiger partial charge in [0.25, 0.3) is 0 Å². The number of pyridine rings is 1. The van der Waals surface area contributed by atoms with Gasteiger partial charge in [0.2, 0.25) is 11.8 Å². The van der Waals surface area contributed by atoms with E-state index in [2.05, 4.69) is 30.8 Å². The molecule has 0 spiro atoms. The number of H-pyrrole nitrogens is 2. The highest BCUT2D eigenvalue weighted by molar-refractivity contribution is 6.04. The van der Waals surface area contributed by atoms with Crippen molar-refractivity contribution in [2.45, 2.75) is 83.0 Å². The van der Waals surface area contributed by atoms with Crippen LogP contribution in [0.5, 0.6) is 0 Å². The molecule has 1 aliphatic carbocycles. The Morgan fingerprint density at radius 1 is 0.893 bits per heavy atom. The van der Waals surface area contributed by atoms with Gasteiger partial charge < -0.3 is 30.8 Å². The third kappa shape index (κ3) is 9.15. The molecule has 4 heterocycles. The van der Waals surface area contributed by atoms with Gasteiger partial charge in [0.1, 0.15) is 0 Å². The van der Waals surface area contributed by atoms with Gasteiger partial charge in [-0.1, -0.05) is 36.8 Å². The molecule has 5 N–H and O–H groups in total. The summed E-state index contributed by atoms with van der Waals surface area (Å²) in [7, 11) is 0. The zero-order valence-corrected chi connectivity index (χ0v) is 30.9. The maximum absolute atomic E-state index is 13.7. The molecule has 2 aromatic heterocycles. The van der Waals surface area contributed by atoms with Gasteiger partial charge in [-0.15, -0.1) is 0 Å². The number of benzene rings is 2. The highest BCUT2D eigenvalue weighted by Crippen LogP contribution is 2.41. The van der Waals surface area contributed by atoms with Crippen molar-refractivity contribution in [3.05, 3.63) is 93.0 Å². The lowest BCUT2D eigenvalue weighted by Gasteiger charge is -2.36. The molecule has 2 aromatic carbocycles. The lowest BCUT2D eigenvalue weighted by atomic mass is 10.1. The van der Waals surface area contributed by atoms with Crippen molar-refractivity contribution >= 4 is 46.7 Å². The Labute approximate surface area is 321 Å². The zero-order chi connectivity index (χ0) is 39.2. The third-order valence-electron chi connectivity index (χ3n) is 10.5. The van der Waals surface area contributed by atoms with E-state index in [1.165, 1.54) is 11.6 Å². The summed E-state index contributed by atoms with van der Waals surface area (Å²) in [6.45, 7) is 2.30. The molecule has 294 valence electrons.